The summed E-state index contributed by atoms with van der Waals surface area (Å²) in [6.07, 6.45) is 6.58. The predicted octanol–water partition coefficient (Wildman–Crippen LogP) is -1.11. The summed E-state index contributed by atoms with van der Waals surface area (Å²) >= 11 is 0. The molecular formula is C16H24N6O3. The number of likely N-dealkylation sites (tertiary alicyclic amines) is 1. The highest BCUT2D eigenvalue weighted by Crippen LogP contribution is 2.33. The number of hydrogen-bond acceptors (Lipinski definition) is 6. The summed E-state index contributed by atoms with van der Waals surface area (Å²) in [5.74, 6) is -0.197. The Bertz CT molecular complexity index is 650. The first-order valence-electron chi connectivity index (χ1n) is 8.96. The van der Waals surface area contributed by atoms with Crippen molar-refractivity contribution in [1.82, 2.24) is 24.8 Å². The minimum absolute atomic E-state index is 0.0911. The molecule has 0 aliphatic carbocycles. The second-order valence-corrected chi connectivity index (χ2v) is 7.29. The van der Waals surface area contributed by atoms with Crippen molar-refractivity contribution in [2.24, 2.45) is 5.73 Å². The Morgan fingerprint density at radius 3 is 2.84 bits per heavy atom. The molecule has 0 aromatic carbocycles. The van der Waals surface area contributed by atoms with Crippen LogP contribution in [-0.4, -0.2) is 79.0 Å². The summed E-state index contributed by atoms with van der Waals surface area (Å²) in [5.41, 5.74) is 5.98. The van der Waals surface area contributed by atoms with Crippen molar-refractivity contribution < 1.29 is 14.7 Å². The van der Waals surface area contributed by atoms with Gasteiger partial charge in [-0.2, -0.15) is 0 Å². The van der Waals surface area contributed by atoms with Gasteiger partial charge in [-0.1, -0.05) is 5.21 Å². The van der Waals surface area contributed by atoms with Crippen molar-refractivity contribution >= 4 is 11.8 Å². The number of nitrogens with zero attached hydrogens (tertiary/aromatic N) is 5. The number of fused-ring (bicyclic) bond motifs is 1. The van der Waals surface area contributed by atoms with Gasteiger partial charge in [-0.05, 0) is 32.1 Å². The first-order valence-corrected chi connectivity index (χ1v) is 8.96. The largest absolute Gasteiger partial charge is 0.389 e. The molecule has 0 saturated carbocycles. The summed E-state index contributed by atoms with van der Waals surface area (Å²) in [6, 6.07) is -1.15. The average molecular weight is 348 g/mol. The first kappa shape index (κ1) is 16.5. The Balaban J connectivity index is 1.50. The van der Waals surface area contributed by atoms with Crippen LogP contribution in [0.3, 0.4) is 0 Å². The van der Waals surface area contributed by atoms with Crippen molar-refractivity contribution in [1.29, 1.82) is 0 Å². The molecule has 9 heteroatoms. The molecule has 0 unspecified atom stereocenters. The monoisotopic (exact) mass is 348 g/mol. The van der Waals surface area contributed by atoms with Crippen molar-refractivity contribution in [3.05, 3.63) is 12.4 Å². The van der Waals surface area contributed by atoms with Crippen molar-refractivity contribution in [3.63, 3.8) is 0 Å². The number of amides is 2. The van der Waals surface area contributed by atoms with E-state index in [9.17, 15) is 14.7 Å². The summed E-state index contributed by atoms with van der Waals surface area (Å²) in [6.45, 7) is 0.622. The highest BCUT2D eigenvalue weighted by Gasteiger charge is 2.47. The van der Waals surface area contributed by atoms with Crippen molar-refractivity contribution in [2.45, 2.75) is 62.4 Å². The van der Waals surface area contributed by atoms with Gasteiger partial charge in [-0.25, -0.2) is 4.68 Å². The van der Waals surface area contributed by atoms with Crippen molar-refractivity contribution in [3.8, 4) is 0 Å². The number of hydrogen-bond donors (Lipinski definition) is 2. The van der Waals surface area contributed by atoms with E-state index in [4.69, 9.17) is 5.73 Å². The molecule has 3 N–H and O–H groups in total. The topological polar surface area (TPSA) is 118 Å². The second-order valence-electron chi connectivity index (χ2n) is 7.29. The van der Waals surface area contributed by atoms with Crippen LogP contribution in [0.25, 0.3) is 0 Å². The highest BCUT2D eigenvalue weighted by molar-refractivity contribution is 5.91. The van der Waals surface area contributed by atoms with Crippen LogP contribution in [0.2, 0.25) is 0 Å². The van der Waals surface area contributed by atoms with Crippen LogP contribution in [0.4, 0.5) is 0 Å². The number of aliphatic hydroxyl groups is 1. The van der Waals surface area contributed by atoms with Crippen molar-refractivity contribution in [2.75, 3.05) is 13.1 Å². The SMILES string of the molecule is N[C@H]1CCC[C@H]2CC[C@@H](C(=O)N3C[C@@H](O)[C@H](n4ccnn4)C3)N2C1=O. The Labute approximate surface area is 145 Å². The van der Waals surface area contributed by atoms with E-state index in [1.54, 1.807) is 26.9 Å². The molecular weight excluding hydrogens is 324 g/mol. The molecule has 2 amide bonds. The fourth-order valence-corrected chi connectivity index (χ4v) is 4.45. The molecule has 5 atom stereocenters. The maximum absolute atomic E-state index is 13.1. The third-order valence-electron chi connectivity index (χ3n) is 5.76. The highest BCUT2D eigenvalue weighted by atomic mass is 16.3. The molecule has 3 saturated heterocycles. The predicted molar refractivity (Wildman–Crippen MR) is 87.1 cm³/mol. The van der Waals surface area contributed by atoms with Crippen LogP contribution < -0.4 is 5.73 Å². The Morgan fingerprint density at radius 2 is 2.08 bits per heavy atom. The lowest BCUT2D eigenvalue weighted by atomic mass is 10.1. The smallest absolute Gasteiger partial charge is 0.245 e. The summed E-state index contributed by atoms with van der Waals surface area (Å²) in [4.78, 5) is 29.1. The van der Waals surface area contributed by atoms with Crippen LogP contribution in [0.1, 0.15) is 38.1 Å². The van der Waals surface area contributed by atoms with Crippen LogP contribution in [-0.2, 0) is 9.59 Å². The normalized spacial score (nSPS) is 35.8. The number of carbonyl (C=O) groups is 2. The fraction of sp³-hybridized carbons (Fsp3) is 0.750. The third kappa shape index (κ3) is 2.81. The quantitative estimate of drug-likeness (QED) is 0.700. The molecule has 25 heavy (non-hydrogen) atoms. The van der Waals surface area contributed by atoms with E-state index in [0.29, 0.717) is 19.4 Å². The van der Waals surface area contributed by atoms with E-state index in [1.807, 2.05) is 0 Å². The fourth-order valence-electron chi connectivity index (χ4n) is 4.45. The van der Waals surface area contributed by atoms with Gasteiger partial charge in [-0.15, -0.1) is 5.10 Å². The van der Waals surface area contributed by atoms with Gasteiger partial charge in [0.15, 0.2) is 0 Å². The molecule has 1 aromatic rings. The van der Waals surface area contributed by atoms with Crippen LogP contribution in [0, 0.1) is 0 Å². The van der Waals surface area contributed by atoms with Gasteiger partial charge < -0.3 is 20.6 Å². The number of carbonyl (C=O) groups excluding carboxylic acids is 2. The molecule has 4 rings (SSSR count). The summed E-state index contributed by atoms with van der Waals surface area (Å²) < 4.78 is 1.59. The number of aliphatic hydroxyl groups excluding tert-OH is 1. The Kier molecular flexibility index (Phi) is 4.20. The van der Waals surface area contributed by atoms with Crippen LogP contribution in [0.5, 0.6) is 0 Å². The van der Waals surface area contributed by atoms with Crippen LogP contribution >= 0.6 is 0 Å². The Morgan fingerprint density at radius 1 is 1.24 bits per heavy atom. The van der Waals surface area contributed by atoms with Gasteiger partial charge >= 0.3 is 0 Å². The lowest BCUT2D eigenvalue weighted by Gasteiger charge is -2.31. The van der Waals surface area contributed by atoms with E-state index in [2.05, 4.69) is 10.3 Å². The van der Waals surface area contributed by atoms with E-state index >= 15 is 0 Å². The van der Waals surface area contributed by atoms with Gasteiger partial charge in [0, 0.05) is 25.3 Å². The molecule has 136 valence electrons. The summed E-state index contributed by atoms with van der Waals surface area (Å²) in [5, 5.41) is 18.0. The van der Waals surface area contributed by atoms with E-state index < -0.39 is 18.2 Å². The minimum Gasteiger partial charge on any atom is -0.389 e. The maximum atomic E-state index is 13.1. The molecule has 1 aromatic heterocycles. The molecule has 3 fully saturated rings. The minimum atomic E-state index is -0.690. The van der Waals surface area contributed by atoms with E-state index in [0.717, 1.165) is 19.3 Å². The average Bonchev–Trinajstić information content (AvgIpc) is 3.30. The van der Waals surface area contributed by atoms with Gasteiger partial charge in [-0.3, -0.25) is 9.59 Å². The summed E-state index contributed by atoms with van der Waals surface area (Å²) in [7, 11) is 0. The molecule has 3 aliphatic rings. The zero-order valence-corrected chi connectivity index (χ0v) is 14.1. The molecule has 4 heterocycles. The molecule has 0 spiro atoms. The third-order valence-corrected chi connectivity index (χ3v) is 5.76. The molecule has 3 aliphatic heterocycles. The van der Waals surface area contributed by atoms with E-state index in [1.165, 1.54) is 0 Å². The standard InChI is InChI=1S/C16H24N6O3/c17-11-3-1-2-10-4-5-12(22(10)15(11)24)16(25)20-8-13(14(23)9-20)21-7-6-18-19-21/h6-7,10-14,23H,1-5,8-9,17H2/t10-,11-,12-,13+,14+/m0/s1. The number of β-amino-alcohol motifs (C(OH)–C–C–N with tert-alkyl or cyclic N) is 1. The van der Waals surface area contributed by atoms with Gasteiger partial charge in [0.1, 0.15) is 6.04 Å². The lowest BCUT2D eigenvalue weighted by molar-refractivity contribution is -0.145. The number of nitrogens with two attached hydrogens (primary N) is 1. The first-order chi connectivity index (χ1) is 12.1. The Hall–Kier alpha value is -2.00. The maximum Gasteiger partial charge on any atom is 0.245 e. The van der Waals surface area contributed by atoms with Crippen LogP contribution in [0.15, 0.2) is 12.4 Å². The molecule has 9 nitrogen and oxygen atoms in total. The zero-order chi connectivity index (χ0) is 17.6. The molecule has 0 radical (unpaired) electrons. The van der Waals surface area contributed by atoms with Gasteiger partial charge in [0.25, 0.3) is 0 Å². The van der Waals surface area contributed by atoms with Gasteiger partial charge in [0.05, 0.1) is 24.4 Å². The lowest BCUT2D eigenvalue weighted by Crippen LogP contribution is -2.53. The zero-order valence-electron chi connectivity index (χ0n) is 14.1. The number of rotatable bonds is 2. The number of aromatic nitrogens is 3. The molecule has 0 bridgehead atoms. The second kappa shape index (κ2) is 6.38. The van der Waals surface area contributed by atoms with Gasteiger partial charge in [0.2, 0.25) is 11.8 Å². The van der Waals surface area contributed by atoms with E-state index in [-0.39, 0.29) is 30.4 Å².